The number of carbonyl (C=O) groups is 1. The Bertz CT molecular complexity index is 1220. The van der Waals surface area contributed by atoms with Crippen LogP contribution in [-0.2, 0) is 16.0 Å². The zero-order valence-electron chi connectivity index (χ0n) is 18.2. The van der Waals surface area contributed by atoms with Gasteiger partial charge in [-0.15, -0.1) is 0 Å². The van der Waals surface area contributed by atoms with Crippen LogP contribution in [0.15, 0.2) is 84.9 Å². The van der Waals surface area contributed by atoms with Gasteiger partial charge in [-0.25, -0.2) is 0 Å². The standard InChI is InChI=1S/C28H28N2O2/c31-28(19-23-11-5-9-21-7-1-3-12-24(21)23)29-20-27(30-15-17-32-18-16-30)26-14-6-10-22-8-2-4-13-25(22)26/h1-14,27H,15-20H2,(H,29,31)/p+1/t27-/m1/s1. The summed E-state index contributed by atoms with van der Waals surface area (Å²) in [4.78, 5) is 14.5. The first kappa shape index (κ1) is 20.7. The van der Waals surface area contributed by atoms with Gasteiger partial charge in [0.2, 0.25) is 5.91 Å². The van der Waals surface area contributed by atoms with E-state index in [1.165, 1.54) is 26.6 Å². The van der Waals surface area contributed by atoms with Crippen LogP contribution in [0.4, 0.5) is 0 Å². The molecule has 0 aromatic heterocycles. The summed E-state index contributed by atoms with van der Waals surface area (Å²) in [6, 6.07) is 29.6. The van der Waals surface area contributed by atoms with Crippen molar-refractivity contribution in [1.82, 2.24) is 5.32 Å². The molecule has 32 heavy (non-hydrogen) atoms. The smallest absolute Gasteiger partial charge is 0.224 e. The van der Waals surface area contributed by atoms with Crippen LogP contribution < -0.4 is 10.2 Å². The molecule has 1 heterocycles. The van der Waals surface area contributed by atoms with Gasteiger partial charge in [-0.3, -0.25) is 4.79 Å². The van der Waals surface area contributed by atoms with Crippen molar-refractivity contribution in [2.45, 2.75) is 12.5 Å². The van der Waals surface area contributed by atoms with Gasteiger partial charge < -0.3 is 15.0 Å². The molecule has 0 saturated carbocycles. The molecular weight excluding hydrogens is 396 g/mol. The Morgan fingerprint density at radius 2 is 1.44 bits per heavy atom. The molecule has 1 fully saturated rings. The van der Waals surface area contributed by atoms with Crippen molar-refractivity contribution in [3.05, 3.63) is 96.1 Å². The lowest BCUT2D eigenvalue weighted by molar-refractivity contribution is -0.937. The average molecular weight is 426 g/mol. The van der Waals surface area contributed by atoms with Crippen molar-refractivity contribution in [3.63, 3.8) is 0 Å². The average Bonchev–Trinajstić information content (AvgIpc) is 2.85. The van der Waals surface area contributed by atoms with E-state index in [1.54, 1.807) is 0 Å². The topological polar surface area (TPSA) is 42.8 Å². The summed E-state index contributed by atoms with van der Waals surface area (Å²) in [6.45, 7) is 4.05. The van der Waals surface area contributed by atoms with Gasteiger partial charge >= 0.3 is 0 Å². The Labute approximate surface area is 188 Å². The second kappa shape index (κ2) is 9.51. The number of fused-ring (bicyclic) bond motifs is 2. The number of nitrogens with one attached hydrogen (secondary N) is 2. The van der Waals surface area contributed by atoms with Crippen molar-refractivity contribution in [3.8, 4) is 0 Å². The molecule has 0 bridgehead atoms. The number of morpholine rings is 1. The minimum Gasteiger partial charge on any atom is -0.370 e. The van der Waals surface area contributed by atoms with Crippen molar-refractivity contribution >= 4 is 27.5 Å². The fraction of sp³-hybridized carbons (Fsp3) is 0.250. The molecule has 0 radical (unpaired) electrons. The molecule has 5 rings (SSSR count). The van der Waals surface area contributed by atoms with Gasteiger partial charge in [0.05, 0.1) is 26.2 Å². The van der Waals surface area contributed by atoms with Gasteiger partial charge in [0.15, 0.2) is 0 Å². The van der Waals surface area contributed by atoms with Crippen molar-refractivity contribution in [2.75, 3.05) is 32.8 Å². The molecule has 1 atom stereocenters. The Hall–Kier alpha value is -3.21. The minimum atomic E-state index is 0.0687. The van der Waals surface area contributed by atoms with Crippen LogP contribution in [0.5, 0.6) is 0 Å². The Morgan fingerprint density at radius 1 is 0.812 bits per heavy atom. The normalized spacial score (nSPS) is 15.6. The van der Waals surface area contributed by atoms with Crippen LogP contribution in [0.3, 0.4) is 0 Å². The zero-order chi connectivity index (χ0) is 21.8. The van der Waals surface area contributed by atoms with Crippen LogP contribution in [-0.4, -0.2) is 38.8 Å². The predicted molar refractivity (Wildman–Crippen MR) is 129 cm³/mol. The summed E-state index contributed by atoms with van der Waals surface area (Å²) in [7, 11) is 0. The van der Waals surface area contributed by atoms with Gasteiger partial charge in [0.25, 0.3) is 0 Å². The number of amides is 1. The number of carbonyl (C=O) groups excluding carboxylic acids is 1. The van der Waals surface area contributed by atoms with Crippen LogP contribution >= 0.6 is 0 Å². The maximum absolute atomic E-state index is 13.0. The van der Waals surface area contributed by atoms with Crippen molar-refractivity contribution in [1.29, 1.82) is 0 Å². The molecule has 1 amide bonds. The molecule has 1 aliphatic heterocycles. The number of hydrogen-bond acceptors (Lipinski definition) is 2. The van der Waals surface area contributed by atoms with Crippen LogP contribution in [0.25, 0.3) is 21.5 Å². The third-order valence-electron chi connectivity index (χ3n) is 6.56. The highest BCUT2D eigenvalue weighted by Crippen LogP contribution is 2.23. The zero-order valence-corrected chi connectivity index (χ0v) is 18.2. The maximum atomic E-state index is 13.0. The van der Waals surface area contributed by atoms with E-state index >= 15 is 0 Å². The van der Waals surface area contributed by atoms with Gasteiger partial charge in [-0.05, 0) is 27.1 Å². The highest BCUT2D eigenvalue weighted by atomic mass is 16.5. The molecule has 162 valence electrons. The molecule has 0 unspecified atom stereocenters. The number of ether oxygens (including phenoxy) is 1. The molecule has 4 aromatic carbocycles. The Morgan fingerprint density at radius 3 is 2.22 bits per heavy atom. The second-order valence-corrected chi connectivity index (χ2v) is 8.51. The molecule has 0 spiro atoms. The summed E-state index contributed by atoms with van der Waals surface area (Å²) in [5.41, 5.74) is 2.37. The van der Waals surface area contributed by atoms with E-state index in [1.807, 2.05) is 18.2 Å². The lowest BCUT2D eigenvalue weighted by Gasteiger charge is -2.32. The molecule has 4 aromatic rings. The van der Waals surface area contributed by atoms with Crippen molar-refractivity contribution in [2.24, 2.45) is 0 Å². The highest BCUT2D eigenvalue weighted by molar-refractivity contribution is 5.90. The first-order chi connectivity index (χ1) is 15.8. The second-order valence-electron chi connectivity index (χ2n) is 8.51. The highest BCUT2D eigenvalue weighted by Gasteiger charge is 2.28. The van der Waals surface area contributed by atoms with E-state index in [9.17, 15) is 4.79 Å². The minimum absolute atomic E-state index is 0.0687. The number of quaternary nitrogens is 1. The third-order valence-corrected chi connectivity index (χ3v) is 6.56. The van der Waals surface area contributed by atoms with E-state index in [0.29, 0.717) is 13.0 Å². The quantitative estimate of drug-likeness (QED) is 0.498. The summed E-state index contributed by atoms with van der Waals surface area (Å²) in [5.74, 6) is 0.0687. The Balaban J connectivity index is 1.37. The lowest BCUT2D eigenvalue weighted by Crippen LogP contribution is -3.15. The van der Waals surface area contributed by atoms with Gasteiger partial charge in [0.1, 0.15) is 19.1 Å². The van der Waals surface area contributed by atoms with Crippen LogP contribution in [0.1, 0.15) is 17.2 Å². The van der Waals surface area contributed by atoms with Crippen LogP contribution in [0.2, 0.25) is 0 Å². The summed E-state index contributed by atoms with van der Waals surface area (Å²) < 4.78 is 5.61. The molecule has 0 aliphatic carbocycles. The third kappa shape index (κ3) is 4.38. The maximum Gasteiger partial charge on any atom is 0.224 e. The Kier molecular flexibility index (Phi) is 6.15. The van der Waals surface area contributed by atoms with E-state index in [2.05, 4.69) is 72.0 Å². The first-order valence-electron chi connectivity index (χ1n) is 11.4. The fourth-order valence-corrected chi connectivity index (χ4v) is 4.91. The lowest BCUT2D eigenvalue weighted by atomic mass is 9.97. The molecule has 4 nitrogen and oxygen atoms in total. The molecule has 1 saturated heterocycles. The van der Waals surface area contributed by atoms with Gasteiger partial charge in [-0.2, -0.15) is 0 Å². The fourth-order valence-electron chi connectivity index (χ4n) is 4.91. The summed E-state index contributed by atoms with van der Waals surface area (Å²) in [5, 5.41) is 8.08. The SMILES string of the molecule is O=C(Cc1cccc2ccccc12)NC[C@H](c1cccc2ccccc12)[NH+]1CCOCC1. The molecule has 4 heteroatoms. The molecular formula is C28H29N2O2+. The molecule has 1 aliphatic rings. The van der Waals surface area contributed by atoms with E-state index in [4.69, 9.17) is 4.74 Å². The van der Waals surface area contributed by atoms with Gasteiger partial charge in [-0.1, -0.05) is 84.9 Å². The largest absolute Gasteiger partial charge is 0.370 e. The van der Waals surface area contributed by atoms with E-state index in [-0.39, 0.29) is 11.9 Å². The van der Waals surface area contributed by atoms with E-state index < -0.39 is 0 Å². The van der Waals surface area contributed by atoms with Gasteiger partial charge in [0, 0.05) is 5.56 Å². The number of benzene rings is 4. The predicted octanol–water partition coefficient (Wildman–Crippen LogP) is 3.31. The first-order valence-corrected chi connectivity index (χ1v) is 11.4. The number of rotatable bonds is 6. The summed E-state index contributed by atoms with van der Waals surface area (Å²) in [6.07, 6.45) is 0.391. The molecule has 2 N–H and O–H groups in total. The van der Waals surface area contributed by atoms with Crippen LogP contribution in [0, 0.1) is 0 Å². The monoisotopic (exact) mass is 425 g/mol. The summed E-state index contributed by atoms with van der Waals surface area (Å²) >= 11 is 0. The van der Waals surface area contributed by atoms with E-state index in [0.717, 1.165) is 37.3 Å². The van der Waals surface area contributed by atoms with Crippen molar-refractivity contribution < 1.29 is 14.4 Å². The number of hydrogen-bond donors (Lipinski definition) is 2.